The van der Waals surface area contributed by atoms with Gasteiger partial charge in [0.1, 0.15) is 0 Å². The molecule has 1 atom stereocenters. The molecule has 3 N–H and O–H groups in total. The molecule has 1 unspecified atom stereocenters. The Morgan fingerprint density at radius 3 is 2.47 bits per heavy atom. The monoisotopic (exact) mass is 257 g/mol. The first-order valence-electron chi connectivity index (χ1n) is 6.86. The lowest BCUT2D eigenvalue weighted by molar-refractivity contribution is 0.142. The molecule has 2 rings (SSSR count). The quantitative estimate of drug-likeness (QED) is 0.863. The fraction of sp³-hybridized carbons (Fsp3) is 0.412. The molecule has 0 saturated carbocycles. The van der Waals surface area contributed by atoms with Crippen LogP contribution in [0.5, 0.6) is 0 Å². The highest BCUT2D eigenvalue weighted by Gasteiger charge is 2.23. The molecule has 0 bridgehead atoms. The second-order valence-corrected chi connectivity index (χ2v) is 6.03. The molecule has 0 aromatic heterocycles. The Morgan fingerprint density at radius 2 is 1.79 bits per heavy atom. The molecule has 0 radical (unpaired) electrons. The number of nitrogens with two attached hydrogens (primary N) is 1. The molecule has 0 aliphatic heterocycles. The van der Waals surface area contributed by atoms with E-state index < -0.39 is 0 Å². The zero-order chi connectivity index (χ0) is 13.9. The minimum Gasteiger partial charge on any atom is -0.396 e. The SMILES string of the molecule is CC(C)(CO)CC(CN)c1cccc2ccccc12. The van der Waals surface area contributed by atoms with Gasteiger partial charge in [-0.05, 0) is 40.6 Å². The molecular formula is C17H23NO. The van der Waals surface area contributed by atoms with E-state index in [0.717, 1.165) is 6.42 Å². The Morgan fingerprint density at radius 1 is 1.11 bits per heavy atom. The van der Waals surface area contributed by atoms with Gasteiger partial charge in [-0.3, -0.25) is 0 Å². The topological polar surface area (TPSA) is 46.2 Å². The summed E-state index contributed by atoms with van der Waals surface area (Å²) in [6.07, 6.45) is 0.897. The molecule has 0 aliphatic carbocycles. The average Bonchev–Trinajstić information content (AvgIpc) is 2.44. The highest BCUT2D eigenvalue weighted by molar-refractivity contribution is 5.86. The smallest absolute Gasteiger partial charge is 0.0482 e. The van der Waals surface area contributed by atoms with Crippen LogP contribution >= 0.6 is 0 Å². The first-order chi connectivity index (χ1) is 9.07. The van der Waals surface area contributed by atoms with Gasteiger partial charge in [-0.15, -0.1) is 0 Å². The number of hydrogen-bond donors (Lipinski definition) is 2. The van der Waals surface area contributed by atoms with Gasteiger partial charge in [0, 0.05) is 6.61 Å². The predicted octanol–water partition coefficient (Wildman–Crippen LogP) is 3.29. The van der Waals surface area contributed by atoms with Crippen LogP contribution in [0.4, 0.5) is 0 Å². The summed E-state index contributed by atoms with van der Waals surface area (Å²) in [4.78, 5) is 0. The summed E-state index contributed by atoms with van der Waals surface area (Å²) in [5, 5.41) is 12.0. The largest absolute Gasteiger partial charge is 0.396 e. The van der Waals surface area contributed by atoms with E-state index >= 15 is 0 Å². The Balaban J connectivity index is 2.41. The van der Waals surface area contributed by atoms with Crippen LogP contribution in [0, 0.1) is 5.41 Å². The fourth-order valence-corrected chi connectivity index (χ4v) is 2.66. The number of rotatable bonds is 5. The van der Waals surface area contributed by atoms with Crippen molar-refractivity contribution >= 4 is 10.8 Å². The normalized spacial score (nSPS) is 13.7. The fourth-order valence-electron chi connectivity index (χ4n) is 2.66. The van der Waals surface area contributed by atoms with Crippen LogP contribution in [0.25, 0.3) is 10.8 Å². The average molecular weight is 257 g/mol. The summed E-state index contributed by atoms with van der Waals surface area (Å²) in [5.74, 6) is 0.285. The molecule has 2 nitrogen and oxygen atoms in total. The third-order valence-electron chi connectivity index (χ3n) is 3.77. The van der Waals surface area contributed by atoms with Crippen LogP contribution in [-0.4, -0.2) is 18.3 Å². The Bertz CT molecular complexity index is 542. The summed E-state index contributed by atoms with van der Waals surface area (Å²) < 4.78 is 0. The Labute approximate surface area is 115 Å². The highest BCUT2D eigenvalue weighted by Crippen LogP contribution is 2.34. The van der Waals surface area contributed by atoms with Gasteiger partial charge < -0.3 is 10.8 Å². The van der Waals surface area contributed by atoms with Crippen molar-refractivity contribution in [2.45, 2.75) is 26.2 Å². The molecule has 0 saturated heterocycles. The maximum Gasteiger partial charge on any atom is 0.0482 e. The second kappa shape index (κ2) is 5.72. The van der Waals surface area contributed by atoms with E-state index in [1.807, 2.05) is 0 Å². The van der Waals surface area contributed by atoms with Crippen molar-refractivity contribution in [2.75, 3.05) is 13.2 Å². The van der Waals surface area contributed by atoms with Crippen LogP contribution in [-0.2, 0) is 0 Å². The maximum absolute atomic E-state index is 9.46. The van der Waals surface area contributed by atoms with Crippen molar-refractivity contribution in [1.29, 1.82) is 0 Å². The number of benzene rings is 2. The van der Waals surface area contributed by atoms with E-state index in [2.05, 4.69) is 56.3 Å². The first kappa shape index (κ1) is 14.0. The zero-order valence-corrected chi connectivity index (χ0v) is 11.8. The molecule has 0 amide bonds. The molecule has 2 aromatic carbocycles. The third kappa shape index (κ3) is 3.14. The van der Waals surface area contributed by atoms with Gasteiger partial charge in [0.05, 0.1) is 0 Å². The summed E-state index contributed by atoms with van der Waals surface area (Å²) in [7, 11) is 0. The van der Waals surface area contributed by atoms with Crippen LogP contribution in [0.3, 0.4) is 0 Å². The van der Waals surface area contributed by atoms with Crippen molar-refractivity contribution in [3.63, 3.8) is 0 Å². The second-order valence-electron chi connectivity index (χ2n) is 6.03. The van der Waals surface area contributed by atoms with Crippen LogP contribution in [0.2, 0.25) is 0 Å². The van der Waals surface area contributed by atoms with E-state index in [1.165, 1.54) is 16.3 Å². The lowest BCUT2D eigenvalue weighted by Gasteiger charge is -2.28. The van der Waals surface area contributed by atoms with Gasteiger partial charge in [0.15, 0.2) is 0 Å². The third-order valence-corrected chi connectivity index (χ3v) is 3.77. The van der Waals surface area contributed by atoms with Gasteiger partial charge in [0.25, 0.3) is 0 Å². The van der Waals surface area contributed by atoms with Crippen molar-refractivity contribution in [1.82, 2.24) is 0 Å². The van der Waals surface area contributed by atoms with Gasteiger partial charge in [-0.25, -0.2) is 0 Å². The molecule has 0 heterocycles. The van der Waals surface area contributed by atoms with Crippen molar-refractivity contribution in [2.24, 2.45) is 11.1 Å². The van der Waals surface area contributed by atoms with Gasteiger partial charge in [0.2, 0.25) is 0 Å². The lowest BCUT2D eigenvalue weighted by Crippen LogP contribution is -2.24. The number of fused-ring (bicyclic) bond motifs is 1. The van der Waals surface area contributed by atoms with E-state index in [1.54, 1.807) is 0 Å². The van der Waals surface area contributed by atoms with E-state index in [0.29, 0.717) is 6.54 Å². The summed E-state index contributed by atoms with van der Waals surface area (Å²) >= 11 is 0. The van der Waals surface area contributed by atoms with E-state index in [4.69, 9.17) is 5.73 Å². The highest BCUT2D eigenvalue weighted by atomic mass is 16.3. The molecule has 19 heavy (non-hydrogen) atoms. The molecule has 2 aromatic rings. The predicted molar refractivity (Wildman–Crippen MR) is 81.2 cm³/mol. The standard InChI is InChI=1S/C17H23NO/c1-17(2,12-19)10-14(11-18)16-9-5-7-13-6-3-4-8-15(13)16/h3-9,14,19H,10-12,18H2,1-2H3. The van der Waals surface area contributed by atoms with Crippen LogP contribution < -0.4 is 5.73 Å². The lowest BCUT2D eigenvalue weighted by atomic mass is 9.79. The van der Waals surface area contributed by atoms with Gasteiger partial charge in [-0.2, -0.15) is 0 Å². The molecule has 0 spiro atoms. The number of hydrogen-bond acceptors (Lipinski definition) is 2. The number of aliphatic hydroxyl groups is 1. The summed E-state index contributed by atoms with van der Waals surface area (Å²) in [6, 6.07) is 14.8. The molecule has 102 valence electrons. The zero-order valence-electron chi connectivity index (χ0n) is 11.8. The molecular weight excluding hydrogens is 234 g/mol. The number of aliphatic hydroxyl groups excluding tert-OH is 1. The van der Waals surface area contributed by atoms with Crippen molar-refractivity contribution in [3.05, 3.63) is 48.0 Å². The summed E-state index contributed by atoms with van der Waals surface area (Å²) in [6.45, 7) is 4.97. The molecule has 0 aliphatic rings. The van der Waals surface area contributed by atoms with Gasteiger partial charge >= 0.3 is 0 Å². The van der Waals surface area contributed by atoms with Gasteiger partial charge in [-0.1, -0.05) is 56.3 Å². The first-order valence-corrected chi connectivity index (χ1v) is 6.86. The molecule has 2 heteroatoms. The minimum absolute atomic E-state index is 0.0962. The Hall–Kier alpha value is -1.38. The van der Waals surface area contributed by atoms with E-state index in [9.17, 15) is 5.11 Å². The molecule has 0 fully saturated rings. The van der Waals surface area contributed by atoms with Crippen molar-refractivity contribution < 1.29 is 5.11 Å². The minimum atomic E-state index is -0.0962. The van der Waals surface area contributed by atoms with E-state index in [-0.39, 0.29) is 17.9 Å². The maximum atomic E-state index is 9.46. The van der Waals surface area contributed by atoms with Crippen LogP contribution in [0.1, 0.15) is 31.7 Å². The van der Waals surface area contributed by atoms with Crippen molar-refractivity contribution in [3.8, 4) is 0 Å². The Kier molecular flexibility index (Phi) is 4.23. The summed E-state index contributed by atoms with van der Waals surface area (Å²) in [5.41, 5.74) is 7.17. The van der Waals surface area contributed by atoms with Crippen LogP contribution in [0.15, 0.2) is 42.5 Å².